The Morgan fingerprint density at radius 2 is 1.22 bits per heavy atom. The predicted octanol–water partition coefficient (Wildman–Crippen LogP) is 8.25. The van der Waals surface area contributed by atoms with E-state index in [1.807, 2.05) is 13.8 Å². The van der Waals surface area contributed by atoms with Gasteiger partial charge in [0.1, 0.15) is 0 Å². The Balaban J connectivity index is 3.34. The number of carbonyl (C=O) groups is 1. The smallest absolute Gasteiger partial charge is 0.311 e. The van der Waals surface area contributed by atoms with Crippen LogP contribution in [0, 0.1) is 11.3 Å². The number of hydrogen-bond acceptors (Lipinski definition) is 2. The van der Waals surface area contributed by atoms with E-state index < -0.39 is 0 Å². The summed E-state index contributed by atoms with van der Waals surface area (Å²) in [4.78, 5) is 12.0. The lowest BCUT2D eigenvalue weighted by atomic mass is 9.81. The number of esters is 1. The Bertz CT molecular complexity index is 369. The van der Waals surface area contributed by atoms with E-state index in [9.17, 15) is 4.79 Å². The van der Waals surface area contributed by atoms with Gasteiger partial charge in [0.05, 0.1) is 12.0 Å². The average molecular weight is 381 g/mol. The summed E-state index contributed by atoms with van der Waals surface area (Å²) in [6, 6.07) is 0. The first-order chi connectivity index (χ1) is 12.9. The lowest BCUT2D eigenvalue weighted by Crippen LogP contribution is -2.32. The van der Waals surface area contributed by atoms with Crippen molar-refractivity contribution >= 4 is 5.97 Å². The molecule has 0 unspecified atom stereocenters. The second-order valence-corrected chi connectivity index (χ2v) is 8.95. The van der Waals surface area contributed by atoms with Gasteiger partial charge in [0.15, 0.2) is 0 Å². The highest BCUT2D eigenvalue weighted by atomic mass is 16.5. The van der Waals surface area contributed by atoms with Crippen LogP contribution in [0.25, 0.3) is 0 Å². The van der Waals surface area contributed by atoms with Crippen LogP contribution < -0.4 is 0 Å². The van der Waals surface area contributed by atoms with Crippen LogP contribution >= 0.6 is 0 Å². The Morgan fingerprint density at radius 3 is 1.70 bits per heavy atom. The molecule has 0 N–H and O–H groups in total. The van der Waals surface area contributed by atoms with Gasteiger partial charge in [0.2, 0.25) is 0 Å². The summed E-state index contributed by atoms with van der Waals surface area (Å²) >= 11 is 0. The lowest BCUT2D eigenvalue weighted by Gasteiger charge is -2.26. The van der Waals surface area contributed by atoms with E-state index in [1.54, 1.807) is 0 Å². The number of ether oxygens (including phenoxy) is 1. The van der Waals surface area contributed by atoms with Crippen molar-refractivity contribution in [3.63, 3.8) is 0 Å². The van der Waals surface area contributed by atoms with Crippen molar-refractivity contribution in [1.82, 2.24) is 0 Å². The monoisotopic (exact) mass is 380 g/mol. The Labute approximate surface area is 170 Å². The van der Waals surface area contributed by atoms with Gasteiger partial charge >= 0.3 is 5.97 Å². The van der Waals surface area contributed by atoms with Gasteiger partial charge in [-0.3, -0.25) is 4.79 Å². The molecular formula is C25H48O2. The molecule has 0 saturated carbocycles. The van der Waals surface area contributed by atoms with Crippen molar-refractivity contribution in [1.29, 1.82) is 0 Å². The second-order valence-electron chi connectivity index (χ2n) is 8.95. The molecule has 0 radical (unpaired) electrons. The molecule has 0 amide bonds. The number of allylic oxidation sites excluding steroid dienone is 2. The molecule has 0 spiro atoms. The van der Waals surface area contributed by atoms with Gasteiger partial charge in [-0.05, 0) is 51.9 Å². The highest BCUT2D eigenvalue weighted by Crippen LogP contribution is 2.27. The molecule has 0 aromatic rings. The molecule has 0 aliphatic heterocycles. The first kappa shape index (κ1) is 26.2. The van der Waals surface area contributed by atoms with Crippen LogP contribution in [0.3, 0.4) is 0 Å². The summed E-state index contributed by atoms with van der Waals surface area (Å²) in [6.07, 6.45) is 22.9. The Morgan fingerprint density at radius 1 is 0.778 bits per heavy atom. The average Bonchev–Trinajstić information content (AvgIpc) is 2.63. The normalized spacial score (nSPS) is 12.2. The molecule has 0 heterocycles. The van der Waals surface area contributed by atoms with Crippen molar-refractivity contribution in [2.24, 2.45) is 11.3 Å². The van der Waals surface area contributed by atoms with E-state index in [1.165, 1.54) is 83.5 Å². The number of rotatable bonds is 18. The van der Waals surface area contributed by atoms with E-state index >= 15 is 0 Å². The SMILES string of the molecule is CCCCCCCC/C=C\CCCCCCCCOC(=O)C(C)(C)C(C)C. The second kappa shape index (κ2) is 17.3. The van der Waals surface area contributed by atoms with Gasteiger partial charge in [-0.25, -0.2) is 0 Å². The summed E-state index contributed by atoms with van der Waals surface area (Å²) in [5.74, 6) is 0.259. The maximum Gasteiger partial charge on any atom is 0.311 e. The fraction of sp³-hybridized carbons (Fsp3) is 0.880. The summed E-state index contributed by atoms with van der Waals surface area (Å²) in [5.41, 5.74) is -0.372. The highest BCUT2D eigenvalue weighted by Gasteiger charge is 2.32. The fourth-order valence-electron chi connectivity index (χ4n) is 2.94. The van der Waals surface area contributed by atoms with Crippen LogP contribution in [0.5, 0.6) is 0 Å². The Hall–Kier alpha value is -0.790. The number of hydrogen-bond donors (Lipinski definition) is 0. The molecule has 0 saturated heterocycles. The molecule has 27 heavy (non-hydrogen) atoms. The zero-order chi connectivity index (χ0) is 20.4. The van der Waals surface area contributed by atoms with Crippen molar-refractivity contribution in [2.75, 3.05) is 6.61 Å². The zero-order valence-corrected chi connectivity index (χ0v) is 19.2. The fourth-order valence-corrected chi connectivity index (χ4v) is 2.94. The molecule has 0 aliphatic rings. The largest absolute Gasteiger partial charge is 0.465 e. The highest BCUT2D eigenvalue weighted by molar-refractivity contribution is 5.76. The number of unbranched alkanes of at least 4 members (excludes halogenated alkanes) is 12. The summed E-state index contributed by atoms with van der Waals surface area (Å²) in [6.45, 7) is 10.9. The lowest BCUT2D eigenvalue weighted by molar-refractivity contribution is -0.156. The van der Waals surface area contributed by atoms with E-state index in [2.05, 4.69) is 32.9 Å². The van der Waals surface area contributed by atoms with Gasteiger partial charge in [-0.2, -0.15) is 0 Å². The summed E-state index contributed by atoms with van der Waals surface area (Å²) in [5, 5.41) is 0. The molecule has 0 aromatic heterocycles. The Kier molecular flexibility index (Phi) is 16.8. The van der Waals surface area contributed by atoms with Crippen LogP contribution in [0.2, 0.25) is 0 Å². The van der Waals surface area contributed by atoms with Crippen LogP contribution in [-0.2, 0) is 9.53 Å². The summed E-state index contributed by atoms with van der Waals surface area (Å²) in [7, 11) is 0. The molecule has 0 atom stereocenters. The molecule has 0 aromatic carbocycles. The third kappa shape index (κ3) is 14.9. The summed E-state index contributed by atoms with van der Waals surface area (Å²) < 4.78 is 5.44. The quantitative estimate of drug-likeness (QED) is 0.136. The van der Waals surface area contributed by atoms with Crippen molar-refractivity contribution < 1.29 is 9.53 Å². The third-order valence-corrected chi connectivity index (χ3v) is 5.86. The van der Waals surface area contributed by atoms with Crippen molar-refractivity contribution in [3.05, 3.63) is 12.2 Å². The molecule has 160 valence electrons. The zero-order valence-electron chi connectivity index (χ0n) is 19.2. The van der Waals surface area contributed by atoms with Crippen LogP contribution in [0.1, 0.15) is 125 Å². The molecule has 0 fully saturated rings. The third-order valence-electron chi connectivity index (χ3n) is 5.86. The molecule has 0 bridgehead atoms. The van der Waals surface area contributed by atoms with Crippen LogP contribution in [0.15, 0.2) is 12.2 Å². The molecular weight excluding hydrogens is 332 g/mol. The molecule has 2 nitrogen and oxygen atoms in total. The minimum atomic E-state index is -0.372. The predicted molar refractivity (Wildman–Crippen MR) is 119 cm³/mol. The van der Waals surface area contributed by atoms with Crippen LogP contribution in [0.4, 0.5) is 0 Å². The molecule has 0 rings (SSSR count). The topological polar surface area (TPSA) is 26.3 Å². The first-order valence-electron chi connectivity index (χ1n) is 11.7. The van der Waals surface area contributed by atoms with Gasteiger partial charge in [-0.1, -0.05) is 90.7 Å². The maximum absolute atomic E-state index is 12.0. The van der Waals surface area contributed by atoms with Crippen molar-refractivity contribution in [3.8, 4) is 0 Å². The van der Waals surface area contributed by atoms with E-state index in [0.717, 1.165) is 6.42 Å². The maximum atomic E-state index is 12.0. The molecule has 2 heteroatoms. The van der Waals surface area contributed by atoms with Gasteiger partial charge in [-0.15, -0.1) is 0 Å². The van der Waals surface area contributed by atoms with Gasteiger partial charge in [0.25, 0.3) is 0 Å². The standard InChI is InChI=1S/C25H48O2/c1-6-7-8-9-10-11-12-13-14-15-16-17-18-19-20-21-22-27-24(26)25(4,5)23(2)3/h13-14,23H,6-12,15-22H2,1-5H3/b14-13-. The van der Waals surface area contributed by atoms with Crippen LogP contribution in [-0.4, -0.2) is 12.6 Å². The first-order valence-corrected chi connectivity index (χ1v) is 11.7. The van der Waals surface area contributed by atoms with E-state index in [-0.39, 0.29) is 11.4 Å². The van der Waals surface area contributed by atoms with Crippen molar-refractivity contribution in [2.45, 2.75) is 125 Å². The molecule has 0 aliphatic carbocycles. The van der Waals surface area contributed by atoms with E-state index in [0.29, 0.717) is 12.5 Å². The minimum Gasteiger partial charge on any atom is -0.465 e. The van der Waals surface area contributed by atoms with Gasteiger partial charge < -0.3 is 4.74 Å². The number of carbonyl (C=O) groups excluding carboxylic acids is 1. The van der Waals surface area contributed by atoms with E-state index in [4.69, 9.17) is 4.74 Å². The van der Waals surface area contributed by atoms with Gasteiger partial charge in [0, 0.05) is 0 Å². The minimum absolute atomic E-state index is 0.0507.